The van der Waals surface area contributed by atoms with Crippen molar-refractivity contribution >= 4 is 0 Å². The Morgan fingerprint density at radius 2 is 2.00 bits per heavy atom. The Hall–Kier alpha value is -0.290. The molecule has 1 heterocycles. The molecule has 12 heavy (non-hydrogen) atoms. The molecular formula is C7H12F3NO. The molecule has 2 atom stereocenters. The Morgan fingerprint density at radius 3 is 2.33 bits per heavy atom. The van der Waals surface area contributed by atoms with Crippen molar-refractivity contribution < 1.29 is 18.3 Å². The molecule has 0 aromatic rings. The van der Waals surface area contributed by atoms with Crippen LogP contribution in [0.25, 0.3) is 0 Å². The summed E-state index contributed by atoms with van der Waals surface area (Å²) in [5.41, 5.74) is -2.59. The lowest BCUT2D eigenvalue weighted by Crippen LogP contribution is -2.55. The van der Waals surface area contributed by atoms with Crippen LogP contribution in [0.3, 0.4) is 0 Å². The van der Waals surface area contributed by atoms with E-state index >= 15 is 0 Å². The predicted molar refractivity (Wildman–Crippen MR) is 37.7 cm³/mol. The van der Waals surface area contributed by atoms with Crippen LogP contribution in [0.15, 0.2) is 0 Å². The number of nitrogens with one attached hydrogen (secondary N) is 1. The third kappa shape index (κ3) is 1.56. The van der Waals surface area contributed by atoms with E-state index in [1.807, 2.05) is 0 Å². The third-order valence-corrected chi connectivity index (χ3v) is 2.31. The van der Waals surface area contributed by atoms with Crippen molar-refractivity contribution in [1.82, 2.24) is 5.32 Å². The first kappa shape index (κ1) is 9.80. The van der Waals surface area contributed by atoms with Crippen LogP contribution in [0.2, 0.25) is 0 Å². The molecule has 0 bridgehead atoms. The van der Waals surface area contributed by atoms with Crippen LogP contribution in [0.1, 0.15) is 19.8 Å². The summed E-state index contributed by atoms with van der Waals surface area (Å²) in [5.74, 6) is 0. The molecule has 72 valence electrons. The minimum absolute atomic E-state index is 0.381. The number of alkyl halides is 3. The molecule has 0 aromatic heterocycles. The second-order valence-electron chi connectivity index (χ2n) is 3.29. The van der Waals surface area contributed by atoms with E-state index in [0.29, 0.717) is 19.4 Å². The topological polar surface area (TPSA) is 32.3 Å². The standard InChI is InChI=1S/C7H12F3NO/c1-6(12,7(8,9)10)5-3-2-4-11-5/h5,11-12H,2-4H2,1H3. The summed E-state index contributed by atoms with van der Waals surface area (Å²) in [6.07, 6.45) is -3.47. The maximum atomic E-state index is 12.2. The minimum atomic E-state index is -4.55. The number of hydrogen-bond acceptors (Lipinski definition) is 2. The highest BCUT2D eigenvalue weighted by Gasteiger charge is 2.55. The fraction of sp³-hybridized carbons (Fsp3) is 1.00. The SMILES string of the molecule is CC(O)(C1CCCN1)C(F)(F)F. The Kier molecular flexibility index (Phi) is 2.35. The van der Waals surface area contributed by atoms with Crippen LogP contribution in [0, 0.1) is 0 Å². The lowest BCUT2D eigenvalue weighted by Gasteiger charge is -2.32. The monoisotopic (exact) mass is 183 g/mol. The quantitative estimate of drug-likeness (QED) is 0.637. The van der Waals surface area contributed by atoms with Crippen molar-refractivity contribution in [3.63, 3.8) is 0 Å². The van der Waals surface area contributed by atoms with Gasteiger partial charge in [0.05, 0.1) is 0 Å². The first-order chi connectivity index (χ1) is 5.36. The number of halogens is 3. The minimum Gasteiger partial charge on any atom is -0.379 e. The summed E-state index contributed by atoms with van der Waals surface area (Å²) in [4.78, 5) is 0. The second kappa shape index (κ2) is 2.88. The molecule has 0 aromatic carbocycles. The molecule has 0 saturated carbocycles. The maximum absolute atomic E-state index is 12.2. The Balaban J connectivity index is 2.69. The van der Waals surface area contributed by atoms with Gasteiger partial charge in [0.2, 0.25) is 0 Å². The van der Waals surface area contributed by atoms with Gasteiger partial charge in [-0.2, -0.15) is 13.2 Å². The molecule has 1 aliphatic rings. The number of hydrogen-bond donors (Lipinski definition) is 2. The molecule has 0 amide bonds. The normalized spacial score (nSPS) is 30.2. The molecule has 1 rings (SSSR count). The van der Waals surface area contributed by atoms with Crippen LogP contribution in [0.4, 0.5) is 13.2 Å². The zero-order valence-electron chi connectivity index (χ0n) is 6.78. The predicted octanol–water partition coefficient (Wildman–Crippen LogP) is 1.05. The van der Waals surface area contributed by atoms with E-state index in [4.69, 9.17) is 5.11 Å². The van der Waals surface area contributed by atoms with Gasteiger partial charge in [0.25, 0.3) is 0 Å². The van der Waals surface area contributed by atoms with Crippen LogP contribution in [0.5, 0.6) is 0 Å². The number of rotatable bonds is 1. The van der Waals surface area contributed by atoms with Crippen LogP contribution in [-0.2, 0) is 0 Å². The molecule has 0 radical (unpaired) electrons. The maximum Gasteiger partial charge on any atom is 0.418 e. The first-order valence-corrected chi connectivity index (χ1v) is 3.88. The lowest BCUT2D eigenvalue weighted by atomic mass is 9.94. The van der Waals surface area contributed by atoms with Gasteiger partial charge in [-0.25, -0.2) is 0 Å². The summed E-state index contributed by atoms with van der Waals surface area (Å²) in [5, 5.41) is 11.8. The van der Waals surface area contributed by atoms with Gasteiger partial charge in [-0.3, -0.25) is 0 Å². The zero-order valence-corrected chi connectivity index (χ0v) is 6.78. The van der Waals surface area contributed by atoms with Crippen molar-refractivity contribution in [2.75, 3.05) is 6.54 Å². The zero-order chi connectivity index (χ0) is 9.41. The molecule has 1 fully saturated rings. The van der Waals surface area contributed by atoms with Gasteiger partial charge in [0.15, 0.2) is 5.60 Å². The van der Waals surface area contributed by atoms with Crippen molar-refractivity contribution in [3.8, 4) is 0 Å². The molecular weight excluding hydrogens is 171 g/mol. The van der Waals surface area contributed by atoms with Crippen LogP contribution >= 0.6 is 0 Å². The molecule has 1 aliphatic heterocycles. The van der Waals surface area contributed by atoms with Gasteiger partial charge in [-0.1, -0.05) is 0 Å². The average Bonchev–Trinajstić information content (AvgIpc) is 2.34. The van der Waals surface area contributed by atoms with E-state index < -0.39 is 17.8 Å². The molecule has 5 heteroatoms. The number of aliphatic hydroxyl groups is 1. The molecule has 0 spiro atoms. The van der Waals surface area contributed by atoms with Crippen LogP contribution in [-0.4, -0.2) is 29.5 Å². The third-order valence-electron chi connectivity index (χ3n) is 2.31. The van der Waals surface area contributed by atoms with Gasteiger partial charge in [0, 0.05) is 6.04 Å². The fourth-order valence-corrected chi connectivity index (χ4v) is 1.36. The van der Waals surface area contributed by atoms with Crippen molar-refractivity contribution in [2.24, 2.45) is 0 Å². The van der Waals surface area contributed by atoms with Gasteiger partial charge >= 0.3 is 6.18 Å². The Bertz CT molecular complexity index is 161. The van der Waals surface area contributed by atoms with Crippen LogP contribution < -0.4 is 5.32 Å². The van der Waals surface area contributed by atoms with Gasteiger partial charge in [-0.15, -0.1) is 0 Å². The van der Waals surface area contributed by atoms with Gasteiger partial charge in [0.1, 0.15) is 0 Å². The molecule has 2 unspecified atom stereocenters. The highest BCUT2D eigenvalue weighted by Crippen LogP contribution is 2.35. The lowest BCUT2D eigenvalue weighted by molar-refractivity contribution is -0.261. The van der Waals surface area contributed by atoms with Crippen molar-refractivity contribution in [1.29, 1.82) is 0 Å². The summed E-state index contributed by atoms with van der Waals surface area (Å²) >= 11 is 0. The summed E-state index contributed by atoms with van der Waals surface area (Å²) in [7, 11) is 0. The Morgan fingerprint density at radius 1 is 1.42 bits per heavy atom. The van der Waals surface area contributed by atoms with E-state index in [1.165, 1.54) is 0 Å². The summed E-state index contributed by atoms with van der Waals surface area (Å²) in [6.45, 7) is 1.37. The van der Waals surface area contributed by atoms with E-state index in [0.717, 1.165) is 6.92 Å². The summed E-state index contributed by atoms with van der Waals surface area (Å²) in [6, 6.07) is -0.850. The van der Waals surface area contributed by atoms with E-state index in [9.17, 15) is 13.2 Å². The smallest absolute Gasteiger partial charge is 0.379 e. The van der Waals surface area contributed by atoms with Gasteiger partial charge in [-0.05, 0) is 26.3 Å². The highest BCUT2D eigenvalue weighted by atomic mass is 19.4. The summed E-state index contributed by atoms with van der Waals surface area (Å²) < 4.78 is 36.6. The first-order valence-electron chi connectivity index (χ1n) is 3.88. The van der Waals surface area contributed by atoms with Crippen molar-refractivity contribution in [3.05, 3.63) is 0 Å². The largest absolute Gasteiger partial charge is 0.418 e. The van der Waals surface area contributed by atoms with Crippen molar-refractivity contribution in [2.45, 2.75) is 37.6 Å². The molecule has 0 aliphatic carbocycles. The molecule has 2 nitrogen and oxygen atoms in total. The molecule has 1 saturated heterocycles. The van der Waals surface area contributed by atoms with Gasteiger partial charge < -0.3 is 10.4 Å². The van der Waals surface area contributed by atoms with E-state index in [-0.39, 0.29) is 0 Å². The second-order valence-corrected chi connectivity index (χ2v) is 3.29. The average molecular weight is 183 g/mol. The molecule has 2 N–H and O–H groups in total. The van der Waals surface area contributed by atoms with E-state index in [2.05, 4.69) is 5.32 Å². The highest BCUT2D eigenvalue weighted by molar-refractivity contribution is 4.96. The Labute approximate surface area is 68.8 Å². The van der Waals surface area contributed by atoms with E-state index in [1.54, 1.807) is 0 Å². The fourth-order valence-electron chi connectivity index (χ4n) is 1.36.